The van der Waals surface area contributed by atoms with Gasteiger partial charge in [-0.15, -0.1) is 0 Å². The van der Waals surface area contributed by atoms with Gasteiger partial charge in [0.15, 0.2) is 0 Å². The summed E-state index contributed by atoms with van der Waals surface area (Å²) < 4.78 is 92.0. The fraction of sp³-hybridized carbons (Fsp3) is 0.0769. The van der Waals surface area contributed by atoms with E-state index in [1.54, 1.807) is 0 Å². The molecular formula is C13H6Cl2F5IO3S. The summed E-state index contributed by atoms with van der Waals surface area (Å²) in [6.45, 7) is 0. The second kappa shape index (κ2) is 7.51. The van der Waals surface area contributed by atoms with Crippen LogP contribution in [-0.2, 0) is 12.6 Å². The van der Waals surface area contributed by atoms with E-state index in [1.165, 1.54) is 0 Å². The molecule has 2 rings (SSSR count). The molecule has 0 saturated heterocycles. The molecule has 0 aliphatic heterocycles. The molecule has 0 saturated carbocycles. The molecule has 0 aromatic heterocycles. The number of hydrogen-bond donors (Lipinski definition) is 0. The van der Waals surface area contributed by atoms with Crippen molar-refractivity contribution in [3.8, 4) is 0 Å². The van der Waals surface area contributed by atoms with Crippen LogP contribution in [-0.4, -0.2) is 13.9 Å². The summed E-state index contributed by atoms with van der Waals surface area (Å²) >= 11 is 7.12. The summed E-state index contributed by atoms with van der Waals surface area (Å²) in [5.74, 6) is -2.15. The van der Waals surface area contributed by atoms with E-state index >= 15 is 0 Å². The molecule has 0 unspecified atom stereocenters. The van der Waals surface area contributed by atoms with Gasteiger partial charge in [-0.05, 0) is 0 Å². The van der Waals surface area contributed by atoms with Gasteiger partial charge < -0.3 is 0 Å². The van der Waals surface area contributed by atoms with Gasteiger partial charge in [-0.1, -0.05) is 0 Å². The fourth-order valence-electron chi connectivity index (χ4n) is 1.50. The Kier molecular flexibility index (Phi) is 6.19. The summed E-state index contributed by atoms with van der Waals surface area (Å²) in [5.41, 5.74) is -5.76. The molecular weight excluding hydrogens is 529 g/mol. The van der Waals surface area contributed by atoms with E-state index in [4.69, 9.17) is 23.2 Å². The Labute approximate surface area is 156 Å². The maximum absolute atomic E-state index is 14.1. The minimum absolute atomic E-state index is 0.0888. The number of hydrogen-bond acceptors (Lipinski definition) is 3. The summed E-state index contributed by atoms with van der Waals surface area (Å²) in [5, 5.41) is -0.178. The number of benzene rings is 2. The monoisotopic (exact) mass is 534 g/mol. The Hall–Kier alpha value is -0.690. The van der Waals surface area contributed by atoms with E-state index in [2.05, 4.69) is 2.51 Å². The Morgan fingerprint density at radius 2 is 1.28 bits per heavy atom. The number of halogens is 8. The van der Waals surface area contributed by atoms with Gasteiger partial charge >= 0.3 is 157 Å². The van der Waals surface area contributed by atoms with Gasteiger partial charge in [-0.25, -0.2) is 0 Å². The van der Waals surface area contributed by atoms with Gasteiger partial charge in [0.1, 0.15) is 0 Å². The molecule has 0 aliphatic rings. The molecule has 138 valence electrons. The van der Waals surface area contributed by atoms with Gasteiger partial charge in [0, 0.05) is 0 Å². The molecule has 0 aliphatic carbocycles. The standard InChI is InChI=1S/C13H6Cl2F5IO3S/c14-7-1-3-9(16)11(5-7)21(24-25(22,23)13(18,19)20)12-6-8(15)2-4-10(12)17/h1-6H. The van der Waals surface area contributed by atoms with Crippen LogP contribution in [0.1, 0.15) is 0 Å². The van der Waals surface area contributed by atoms with Crippen molar-refractivity contribution in [2.24, 2.45) is 0 Å². The summed E-state index contributed by atoms with van der Waals surface area (Å²) in [7, 11) is -6.10. The number of alkyl halides is 3. The second-order valence-corrected chi connectivity index (χ2v) is 11.5. The molecule has 0 amide bonds. The molecule has 0 fully saturated rings. The fourth-order valence-corrected chi connectivity index (χ4v) is 8.94. The third-order valence-corrected chi connectivity index (χ3v) is 10.2. The van der Waals surface area contributed by atoms with Crippen molar-refractivity contribution in [2.75, 3.05) is 0 Å². The zero-order valence-corrected chi connectivity index (χ0v) is 16.1. The summed E-state index contributed by atoms with van der Waals surface area (Å²) in [6.07, 6.45) is 0. The third-order valence-electron chi connectivity index (χ3n) is 2.56. The van der Waals surface area contributed by atoms with Crippen molar-refractivity contribution in [2.45, 2.75) is 5.51 Å². The van der Waals surface area contributed by atoms with E-state index in [-0.39, 0.29) is 10.0 Å². The van der Waals surface area contributed by atoms with Crippen LogP contribution in [0.15, 0.2) is 36.4 Å². The van der Waals surface area contributed by atoms with E-state index < -0.39 is 54.6 Å². The van der Waals surface area contributed by atoms with Crippen molar-refractivity contribution in [3.63, 3.8) is 0 Å². The zero-order valence-electron chi connectivity index (χ0n) is 11.6. The Morgan fingerprint density at radius 3 is 1.64 bits per heavy atom. The molecule has 12 heteroatoms. The zero-order chi connectivity index (χ0) is 19.0. The maximum atomic E-state index is 14.1. The minimum atomic E-state index is -6.10. The summed E-state index contributed by atoms with van der Waals surface area (Å²) in [4.78, 5) is 0. The molecule has 0 radical (unpaired) electrons. The van der Waals surface area contributed by atoms with Crippen molar-refractivity contribution in [1.82, 2.24) is 0 Å². The molecule has 3 nitrogen and oxygen atoms in total. The van der Waals surface area contributed by atoms with Crippen LogP contribution < -0.4 is 0 Å². The second-order valence-electron chi connectivity index (χ2n) is 4.33. The van der Waals surface area contributed by atoms with Crippen LogP contribution in [0.5, 0.6) is 0 Å². The Balaban J connectivity index is 2.68. The first-order valence-corrected chi connectivity index (χ1v) is 11.2. The Bertz CT molecular complexity index is 854. The van der Waals surface area contributed by atoms with E-state index in [0.717, 1.165) is 36.4 Å². The molecule has 0 heterocycles. The van der Waals surface area contributed by atoms with Gasteiger partial charge in [0.25, 0.3) is 0 Å². The molecule has 0 bridgehead atoms. The van der Waals surface area contributed by atoms with Crippen LogP contribution in [0.4, 0.5) is 22.0 Å². The first-order valence-electron chi connectivity index (χ1n) is 6.04. The van der Waals surface area contributed by atoms with Crippen LogP contribution in [0.2, 0.25) is 10.0 Å². The quantitative estimate of drug-likeness (QED) is 0.222. The van der Waals surface area contributed by atoms with E-state index in [0.29, 0.717) is 0 Å². The molecule has 2 aromatic rings. The summed E-state index contributed by atoms with van der Waals surface area (Å²) in [6, 6.07) is 5.62. The Morgan fingerprint density at radius 1 is 0.880 bits per heavy atom. The van der Waals surface area contributed by atoms with Crippen molar-refractivity contribution in [3.05, 3.63) is 65.2 Å². The predicted molar refractivity (Wildman–Crippen MR) is 90.3 cm³/mol. The SMILES string of the molecule is O=S(=O)(OI(c1cc(Cl)ccc1F)c1cc(Cl)ccc1F)C(F)(F)F. The topological polar surface area (TPSA) is 43.4 Å². The molecule has 25 heavy (non-hydrogen) atoms. The molecule has 2 aromatic carbocycles. The van der Waals surface area contributed by atoms with Crippen molar-refractivity contribution in [1.29, 1.82) is 0 Å². The molecule has 0 N–H and O–H groups in total. The first-order chi connectivity index (χ1) is 11.4. The van der Waals surface area contributed by atoms with Gasteiger partial charge in [0.05, 0.1) is 0 Å². The van der Waals surface area contributed by atoms with E-state index in [1.807, 2.05) is 0 Å². The van der Waals surface area contributed by atoms with Crippen molar-refractivity contribution >= 4 is 53.6 Å². The number of rotatable bonds is 4. The van der Waals surface area contributed by atoms with E-state index in [9.17, 15) is 30.4 Å². The predicted octanol–water partition coefficient (Wildman–Crippen LogP) is 5.60. The van der Waals surface area contributed by atoms with Crippen LogP contribution >= 0.6 is 43.4 Å². The van der Waals surface area contributed by atoms with Crippen LogP contribution in [0.3, 0.4) is 0 Å². The van der Waals surface area contributed by atoms with Crippen molar-refractivity contribution < 1.29 is 32.9 Å². The van der Waals surface area contributed by atoms with Crippen LogP contribution in [0, 0.1) is 18.8 Å². The van der Waals surface area contributed by atoms with Gasteiger partial charge in [-0.2, -0.15) is 0 Å². The average Bonchev–Trinajstić information content (AvgIpc) is 2.49. The van der Waals surface area contributed by atoms with Gasteiger partial charge in [0.2, 0.25) is 0 Å². The third kappa shape index (κ3) is 4.73. The first kappa shape index (κ1) is 20.6. The van der Waals surface area contributed by atoms with Crippen LogP contribution in [0.25, 0.3) is 0 Å². The average molecular weight is 535 g/mol. The molecule has 0 atom stereocenters. The molecule has 0 spiro atoms. The van der Waals surface area contributed by atoms with Gasteiger partial charge in [-0.3, -0.25) is 0 Å². The normalized spacial score (nSPS) is 13.0.